The zero-order chi connectivity index (χ0) is 14.6. The minimum Gasteiger partial charge on any atom is -0.352 e. The number of primary sulfonamides is 1. The first-order valence-corrected chi connectivity index (χ1v) is 7.92. The van der Waals surface area contributed by atoms with Gasteiger partial charge in [0, 0.05) is 16.6 Å². The van der Waals surface area contributed by atoms with Gasteiger partial charge in [0.25, 0.3) is 5.91 Å². The van der Waals surface area contributed by atoms with Crippen molar-refractivity contribution in [1.82, 2.24) is 5.32 Å². The van der Waals surface area contributed by atoms with Crippen LogP contribution < -0.4 is 16.2 Å². The summed E-state index contributed by atoms with van der Waals surface area (Å²) in [5.74, 6) is -0.350. The van der Waals surface area contributed by atoms with E-state index in [1.807, 2.05) is 0 Å². The highest BCUT2D eigenvalue weighted by Crippen LogP contribution is 2.23. The van der Waals surface area contributed by atoms with E-state index in [1.54, 1.807) is 13.0 Å². The van der Waals surface area contributed by atoms with Gasteiger partial charge in [-0.3, -0.25) is 4.79 Å². The van der Waals surface area contributed by atoms with Crippen LogP contribution in [0.3, 0.4) is 0 Å². The van der Waals surface area contributed by atoms with Crippen molar-refractivity contribution in [2.24, 2.45) is 10.9 Å². The Bertz CT molecular complexity index is 593. The first kappa shape index (κ1) is 19.3. The zero-order valence-corrected chi connectivity index (χ0v) is 14.1. The first-order valence-electron chi connectivity index (χ1n) is 5.58. The molecule has 0 spiro atoms. The van der Waals surface area contributed by atoms with Gasteiger partial charge in [0.2, 0.25) is 10.0 Å². The number of amides is 1. The van der Waals surface area contributed by atoms with E-state index in [2.05, 4.69) is 21.2 Å². The van der Waals surface area contributed by atoms with E-state index in [1.165, 1.54) is 6.07 Å². The van der Waals surface area contributed by atoms with Crippen molar-refractivity contribution in [1.29, 1.82) is 0 Å². The molecule has 114 valence electrons. The summed E-state index contributed by atoms with van der Waals surface area (Å²) in [5, 5.41) is 7.79. The average Bonchev–Trinajstić information content (AvgIpc) is 2.30. The Labute approximate surface area is 132 Å². The Morgan fingerprint density at radius 3 is 2.50 bits per heavy atom. The highest BCUT2D eigenvalue weighted by Gasteiger charge is 2.19. The van der Waals surface area contributed by atoms with Crippen LogP contribution in [0.2, 0.25) is 0 Å². The molecule has 0 atom stereocenters. The van der Waals surface area contributed by atoms with Crippen molar-refractivity contribution in [3.05, 3.63) is 27.7 Å². The van der Waals surface area contributed by atoms with Gasteiger partial charge >= 0.3 is 0 Å². The maximum absolute atomic E-state index is 12.0. The molecule has 0 saturated heterocycles. The molecule has 5 N–H and O–H groups in total. The summed E-state index contributed by atoms with van der Waals surface area (Å²) in [4.78, 5) is 11.9. The molecule has 0 aromatic heterocycles. The summed E-state index contributed by atoms with van der Waals surface area (Å²) in [5.41, 5.74) is 5.94. The molecule has 0 bridgehead atoms. The van der Waals surface area contributed by atoms with Crippen LogP contribution >= 0.6 is 28.3 Å². The largest absolute Gasteiger partial charge is 0.352 e. The van der Waals surface area contributed by atoms with Crippen LogP contribution in [-0.2, 0) is 10.0 Å². The molecule has 20 heavy (non-hydrogen) atoms. The molecule has 1 rings (SSSR count). The van der Waals surface area contributed by atoms with E-state index in [-0.39, 0.29) is 28.8 Å². The lowest BCUT2D eigenvalue weighted by Crippen LogP contribution is -2.27. The molecule has 0 saturated carbocycles. The number of sulfonamides is 1. The van der Waals surface area contributed by atoms with Gasteiger partial charge in [-0.25, -0.2) is 13.6 Å². The molecule has 1 aromatic carbocycles. The molecule has 9 heteroatoms. The number of carbonyl (C=O) groups excluding carboxylic acids is 1. The topological polar surface area (TPSA) is 115 Å². The summed E-state index contributed by atoms with van der Waals surface area (Å²) in [6.45, 7) is 2.45. The Morgan fingerprint density at radius 2 is 2.00 bits per heavy atom. The Hall–Kier alpha value is -0.670. The Kier molecular flexibility index (Phi) is 7.67. The number of rotatable bonds is 5. The second kappa shape index (κ2) is 7.94. The predicted octanol–water partition coefficient (Wildman–Crippen LogP) is 0.905. The minimum atomic E-state index is -3.87. The van der Waals surface area contributed by atoms with E-state index in [0.29, 0.717) is 29.5 Å². The Morgan fingerprint density at radius 1 is 1.40 bits per heavy atom. The minimum absolute atomic E-state index is 0. The summed E-state index contributed by atoms with van der Waals surface area (Å²) in [6, 6.07) is 2.93. The fourth-order valence-corrected chi connectivity index (χ4v) is 3.02. The summed E-state index contributed by atoms with van der Waals surface area (Å²) < 4.78 is 23.4. The molecule has 1 aromatic rings. The van der Waals surface area contributed by atoms with Crippen molar-refractivity contribution < 1.29 is 13.2 Å². The van der Waals surface area contributed by atoms with E-state index in [4.69, 9.17) is 10.9 Å². The Balaban J connectivity index is 0.00000361. The van der Waals surface area contributed by atoms with E-state index < -0.39 is 10.0 Å². The quantitative estimate of drug-likeness (QED) is 0.652. The van der Waals surface area contributed by atoms with Crippen molar-refractivity contribution in [3.63, 3.8) is 0 Å². The molecule has 6 nitrogen and oxygen atoms in total. The van der Waals surface area contributed by atoms with Gasteiger partial charge in [-0.2, -0.15) is 0 Å². The lowest BCUT2D eigenvalue weighted by Gasteiger charge is -2.11. The third-order valence-electron chi connectivity index (χ3n) is 2.54. The first-order chi connectivity index (χ1) is 8.77. The van der Waals surface area contributed by atoms with Crippen LogP contribution in [0.15, 0.2) is 21.5 Å². The second-order valence-electron chi connectivity index (χ2n) is 4.02. The van der Waals surface area contributed by atoms with Crippen LogP contribution in [0.5, 0.6) is 0 Å². The molecule has 0 fully saturated rings. The summed E-state index contributed by atoms with van der Waals surface area (Å²) >= 11 is 3.17. The molecule has 0 aliphatic heterocycles. The second-order valence-corrected chi connectivity index (χ2v) is 6.47. The zero-order valence-electron chi connectivity index (χ0n) is 10.8. The number of nitrogens with two attached hydrogens (primary N) is 2. The number of hydrogen-bond acceptors (Lipinski definition) is 4. The van der Waals surface area contributed by atoms with Gasteiger partial charge < -0.3 is 11.1 Å². The van der Waals surface area contributed by atoms with Gasteiger partial charge in [-0.1, -0.05) is 15.9 Å². The monoisotopic (exact) mass is 385 g/mol. The van der Waals surface area contributed by atoms with Gasteiger partial charge in [-0.15, -0.1) is 12.4 Å². The fraction of sp³-hybridized carbons (Fsp3) is 0.364. The van der Waals surface area contributed by atoms with Crippen LogP contribution in [0.25, 0.3) is 0 Å². The maximum atomic E-state index is 12.0. The normalized spacial score (nSPS) is 10.8. The smallest absolute Gasteiger partial charge is 0.251 e. The lowest BCUT2D eigenvalue weighted by atomic mass is 10.1. The van der Waals surface area contributed by atoms with Crippen molar-refractivity contribution >= 4 is 44.3 Å². The lowest BCUT2D eigenvalue weighted by molar-refractivity contribution is 0.0952. The van der Waals surface area contributed by atoms with E-state index >= 15 is 0 Å². The molecule has 1 amide bonds. The molecule has 0 radical (unpaired) electrons. The van der Waals surface area contributed by atoms with Crippen molar-refractivity contribution in [3.8, 4) is 0 Å². The number of hydrogen-bond donors (Lipinski definition) is 3. The highest BCUT2D eigenvalue weighted by atomic mass is 79.9. The van der Waals surface area contributed by atoms with Crippen LogP contribution in [-0.4, -0.2) is 27.4 Å². The molecule has 0 aliphatic carbocycles. The molecule has 0 aliphatic rings. The molecule has 0 heterocycles. The van der Waals surface area contributed by atoms with E-state index in [0.717, 1.165) is 0 Å². The fourth-order valence-electron chi connectivity index (χ4n) is 1.58. The number of nitrogens with one attached hydrogen (secondary N) is 1. The van der Waals surface area contributed by atoms with Gasteiger partial charge in [0.15, 0.2) is 0 Å². The number of halogens is 2. The molecular weight excluding hydrogens is 370 g/mol. The average molecular weight is 387 g/mol. The highest BCUT2D eigenvalue weighted by molar-refractivity contribution is 9.10. The van der Waals surface area contributed by atoms with Crippen LogP contribution in [0, 0.1) is 6.92 Å². The van der Waals surface area contributed by atoms with Crippen molar-refractivity contribution in [2.45, 2.75) is 18.2 Å². The maximum Gasteiger partial charge on any atom is 0.251 e. The summed E-state index contributed by atoms with van der Waals surface area (Å²) in [6.07, 6.45) is 0.654. The molecule has 0 unspecified atom stereocenters. The molecular formula is C11H17BrClN3O3S. The number of carbonyl (C=O) groups is 1. The SMILES string of the molecule is Cc1c(C(=O)NCCCN)cc(Br)cc1S(N)(=O)=O.Cl. The van der Waals surface area contributed by atoms with Gasteiger partial charge in [0.1, 0.15) is 0 Å². The number of benzene rings is 1. The van der Waals surface area contributed by atoms with Crippen LogP contribution in [0.4, 0.5) is 0 Å². The van der Waals surface area contributed by atoms with Crippen molar-refractivity contribution in [2.75, 3.05) is 13.1 Å². The van der Waals surface area contributed by atoms with E-state index in [9.17, 15) is 13.2 Å². The summed E-state index contributed by atoms with van der Waals surface area (Å²) in [7, 11) is -3.87. The van der Waals surface area contributed by atoms with Gasteiger partial charge in [-0.05, 0) is 37.6 Å². The standard InChI is InChI=1S/C11H16BrN3O3S.ClH/c1-7-9(11(16)15-4-2-3-13)5-8(12)6-10(7)19(14,17)18;/h5-6H,2-4,13H2,1H3,(H,15,16)(H2,14,17,18);1H. The predicted molar refractivity (Wildman–Crippen MR) is 83.5 cm³/mol. The van der Waals surface area contributed by atoms with Gasteiger partial charge in [0.05, 0.1) is 4.90 Å². The third-order valence-corrected chi connectivity index (χ3v) is 4.04. The van der Waals surface area contributed by atoms with Crippen LogP contribution in [0.1, 0.15) is 22.3 Å². The third kappa shape index (κ3) is 5.02.